The van der Waals surface area contributed by atoms with Gasteiger partial charge in [0, 0.05) is 25.2 Å². The number of piperazine rings is 1. The third-order valence-electron chi connectivity index (χ3n) is 4.88. The van der Waals surface area contributed by atoms with Crippen LogP contribution in [0.5, 0.6) is 0 Å². The number of hydrogen-bond acceptors (Lipinski definition) is 3. The lowest BCUT2D eigenvalue weighted by Gasteiger charge is -2.46. The van der Waals surface area contributed by atoms with Crippen LogP contribution in [0.4, 0.5) is 0 Å². The van der Waals surface area contributed by atoms with Gasteiger partial charge >= 0.3 is 0 Å². The summed E-state index contributed by atoms with van der Waals surface area (Å²) in [5.41, 5.74) is 0. The Labute approximate surface area is 117 Å². The minimum absolute atomic E-state index is 0.0111. The van der Waals surface area contributed by atoms with Crippen molar-refractivity contribution in [1.82, 2.24) is 15.1 Å². The Morgan fingerprint density at radius 3 is 2.42 bits per heavy atom. The van der Waals surface area contributed by atoms with E-state index in [2.05, 4.69) is 29.1 Å². The molecule has 4 nitrogen and oxygen atoms in total. The molecule has 2 unspecified atom stereocenters. The van der Waals surface area contributed by atoms with Gasteiger partial charge in [-0.15, -0.1) is 0 Å². The van der Waals surface area contributed by atoms with E-state index in [0.717, 1.165) is 13.1 Å². The lowest BCUT2D eigenvalue weighted by Crippen LogP contribution is -2.64. The quantitative estimate of drug-likeness (QED) is 0.786. The summed E-state index contributed by atoms with van der Waals surface area (Å²) in [4.78, 5) is 17.1. The number of carbonyl (C=O) groups is 1. The minimum Gasteiger partial charge on any atom is -0.337 e. The van der Waals surface area contributed by atoms with Crippen LogP contribution < -0.4 is 5.32 Å². The molecule has 1 aliphatic heterocycles. The highest BCUT2D eigenvalue weighted by atomic mass is 16.2. The molecule has 4 heteroatoms. The molecule has 1 saturated heterocycles. The van der Waals surface area contributed by atoms with Crippen LogP contribution in [0.25, 0.3) is 0 Å². The van der Waals surface area contributed by atoms with Gasteiger partial charge in [-0.2, -0.15) is 0 Å². The fraction of sp³-hybridized carbons (Fsp3) is 0.933. The van der Waals surface area contributed by atoms with Gasteiger partial charge in [-0.1, -0.05) is 25.7 Å². The molecule has 0 radical (unpaired) electrons. The maximum atomic E-state index is 12.7. The molecule has 19 heavy (non-hydrogen) atoms. The summed E-state index contributed by atoms with van der Waals surface area (Å²) >= 11 is 0. The first kappa shape index (κ1) is 14.8. The van der Waals surface area contributed by atoms with E-state index in [1.165, 1.54) is 38.5 Å². The zero-order valence-electron chi connectivity index (χ0n) is 12.7. The van der Waals surface area contributed by atoms with Crippen LogP contribution in [0.3, 0.4) is 0 Å². The van der Waals surface area contributed by atoms with Crippen LogP contribution in [0.1, 0.15) is 45.4 Å². The van der Waals surface area contributed by atoms with Gasteiger partial charge in [0.1, 0.15) is 6.04 Å². The highest BCUT2D eigenvalue weighted by molar-refractivity contribution is 5.83. The molecular formula is C15H29N3O. The summed E-state index contributed by atoms with van der Waals surface area (Å²) in [6, 6.07) is 0.960. The van der Waals surface area contributed by atoms with Crippen molar-refractivity contribution in [3.63, 3.8) is 0 Å². The maximum absolute atomic E-state index is 12.7. The minimum atomic E-state index is 0.0111. The normalized spacial score (nSPS) is 31.5. The van der Waals surface area contributed by atoms with E-state index in [9.17, 15) is 4.79 Å². The van der Waals surface area contributed by atoms with Crippen molar-refractivity contribution < 1.29 is 4.79 Å². The highest BCUT2D eigenvalue weighted by Gasteiger charge is 2.38. The van der Waals surface area contributed by atoms with Gasteiger partial charge in [-0.05, 0) is 33.9 Å². The molecule has 1 N–H and O–H groups in total. The van der Waals surface area contributed by atoms with Crippen molar-refractivity contribution in [3.05, 3.63) is 0 Å². The van der Waals surface area contributed by atoms with Crippen molar-refractivity contribution in [2.45, 2.75) is 63.6 Å². The van der Waals surface area contributed by atoms with Crippen molar-refractivity contribution >= 4 is 5.91 Å². The first-order chi connectivity index (χ1) is 9.15. The first-order valence-corrected chi connectivity index (χ1v) is 7.82. The van der Waals surface area contributed by atoms with Crippen LogP contribution in [0.15, 0.2) is 0 Å². The number of rotatable bonds is 3. The molecule has 1 saturated carbocycles. The van der Waals surface area contributed by atoms with E-state index in [0.29, 0.717) is 18.0 Å². The first-order valence-electron chi connectivity index (χ1n) is 7.82. The predicted octanol–water partition coefficient (Wildman–Crippen LogP) is 1.46. The summed E-state index contributed by atoms with van der Waals surface area (Å²) in [6.07, 6.45) is 7.66. The number of amides is 1. The lowest BCUT2D eigenvalue weighted by atomic mass is 10.0. The molecule has 1 aliphatic carbocycles. The van der Waals surface area contributed by atoms with Gasteiger partial charge < -0.3 is 10.2 Å². The predicted molar refractivity (Wildman–Crippen MR) is 78.1 cm³/mol. The van der Waals surface area contributed by atoms with Gasteiger partial charge in [0.05, 0.1) is 0 Å². The van der Waals surface area contributed by atoms with Crippen molar-refractivity contribution in [3.8, 4) is 0 Å². The summed E-state index contributed by atoms with van der Waals surface area (Å²) in [7, 11) is 4.01. The molecule has 2 atom stereocenters. The molecule has 2 fully saturated rings. The Morgan fingerprint density at radius 2 is 1.84 bits per heavy atom. The summed E-state index contributed by atoms with van der Waals surface area (Å²) in [5, 5.41) is 3.17. The molecule has 0 spiro atoms. The van der Waals surface area contributed by atoms with E-state index in [-0.39, 0.29) is 6.04 Å². The van der Waals surface area contributed by atoms with E-state index in [4.69, 9.17) is 0 Å². The largest absolute Gasteiger partial charge is 0.337 e. The smallest absolute Gasteiger partial charge is 0.241 e. The Kier molecular flexibility index (Phi) is 5.22. The van der Waals surface area contributed by atoms with E-state index in [1.807, 2.05) is 7.05 Å². The molecule has 2 rings (SSSR count). The SMILES string of the molecule is CNCC1C(=O)N(C2CCCCCC2)CC(C)N1C. The zero-order valence-corrected chi connectivity index (χ0v) is 12.7. The molecule has 0 aromatic rings. The zero-order chi connectivity index (χ0) is 13.8. The molecule has 0 aromatic heterocycles. The molecule has 0 bridgehead atoms. The van der Waals surface area contributed by atoms with Crippen LogP contribution in [-0.2, 0) is 4.79 Å². The van der Waals surface area contributed by atoms with Crippen molar-refractivity contribution in [1.29, 1.82) is 0 Å². The average Bonchev–Trinajstić information content (AvgIpc) is 2.68. The third kappa shape index (κ3) is 3.29. The summed E-state index contributed by atoms with van der Waals surface area (Å²) in [5.74, 6) is 0.335. The highest BCUT2D eigenvalue weighted by Crippen LogP contribution is 2.26. The molecule has 2 aliphatic rings. The second kappa shape index (κ2) is 6.71. The van der Waals surface area contributed by atoms with Crippen LogP contribution in [0.2, 0.25) is 0 Å². The average molecular weight is 267 g/mol. The molecular weight excluding hydrogens is 238 g/mol. The second-order valence-electron chi connectivity index (χ2n) is 6.22. The molecule has 110 valence electrons. The third-order valence-corrected chi connectivity index (χ3v) is 4.88. The fourth-order valence-corrected chi connectivity index (χ4v) is 3.50. The maximum Gasteiger partial charge on any atom is 0.241 e. The Bertz CT molecular complexity index is 300. The van der Waals surface area contributed by atoms with Gasteiger partial charge in [-0.25, -0.2) is 0 Å². The molecule has 1 heterocycles. The Balaban J connectivity index is 2.08. The van der Waals surface area contributed by atoms with Crippen LogP contribution in [0, 0.1) is 0 Å². The number of nitrogens with zero attached hydrogens (tertiary/aromatic N) is 2. The van der Waals surface area contributed by atoms with Crippen LogP contribution in [-0.4, -0.2) is 61.0 Å². The summed E-state index contributed by atoms with van der Waals surface area (Å²) in [6.45, 7) is 3.89. The van der Waals surface area contributed by atoms with E-state index < -0.39 is 0 Å². The number of likely N-dealkylation sites (N-methyl/N-ethyl adjacent to an activating group) is 2. The van der Waals surface area contributed by atoms with Gasteiger partial charge in [0.25, 0.3) is 0 Å². The van der Waals surface area contributed by atoms with Gasteiger partial charge in [0.15, 0.2) is 0 Å². The lowest BCUT2D eigenvalue weighted by molar-refractivity contribution is -0.146. The Morgan fingerprint density at radius 1 is 1.21 bits per heavy atom. The number of hydrogen-bond donors (Lipinski definition) is 1. The number of nitrogens with one attached hydrogen (secondary N) is 1. The van der Waals surface area contributed by atoms with Crippen LogP contribution >= 0.6 is 0 Å². The van der Waals surface area contributed by atoms with E-state index >= 15 is 0 Å². The topological polar surface area (TPSA) is 35.6 Å². The van der Waals surface area contributed by atoms with Gasteiger partial charge in [-0.3, -0.25) is 9.69 Å². The van der Waals surface area contributed by atoms with Crippen molar-refractivity contribution in [2.75, 3.05) is 27.2 Å². The molecule has 1 amide bonds. The number of carbonyl (C=O) groups excluding carboxylic acids is 1. The standard InChI is InChI=1S/C15H29N3O/c1-12-11-18(13-8-6-4-5-7-9-13)15(19)14(10-16-2)17(12)3/h12-14,16H,4-11H2,1-3H3. The fourth-order valence-electron chi connectivity index (χ4n) is 3.50. The molecule has 0 aromatic carbocycles. The Hall–Kier alpha value is -0.610. The summed E-state index contributed by atoms with van der Waals surface area (Å²) < 4.78 is 0. The van der Waals surface area contributed by atoms with Crippen molar-refractivity contribution in [2.24, 2.45) is 0 Å². The van der Waals surface area contributed by atoms with E-state index in [1.54, 1.807) is 0 Å². The monoisotopic (exact) mass is 267 g/mol. The van der Waals surface area contributed by atoms with Gasteiger partial charge in [0.2, 0.25) is 5.91 Å². The second-order valence-corrected chi connectivity index (χ2v) is 6.22.